The molecule has 3 nitrogen and oxygen atoms in total. The number of nitrogens with zero attached hydrogens (tertiary/aromatic N) is 1. The molecular formula is C15H23NO2S. The normalized spacial score (nSPS) is 29.1. The predicted octanol–water partition coefficient (Wildman–Crippen LogP) is 3.54. The number of nitriles is 1. The summed E-state index contributed by atoms with van der Waals surface area (Å²) in [7, 11) is 1.46. The largest absolute Gasteiger partial charge is 0.469 e. The van der Waals surface area contributed by atoms with Crippen molar-refractivity contribution in [1.82, 2.24) is 0 Å². The van der Waals surface area contributed by atoms with Crippen molar-refractivity contribution in [3.05, 3.63) is 0 Å². The summed E-state index contributed by atoms with van der Waals surface area (Å²) in [5.74, 6) is 1.14. The van der Waals surface area contributed by atoms with Gasteiger partial charge in [0.1, 0.15) is 0 Å². The van der Waals surface area contributed by atoms with Gasteiger partial charge < -0.3 is 4.74 Å². The summed E-state index contributed by atoms with van der Waals surface area (Å²) in [6, 6.07) is 2.49. The van der Waals surface area contributed by atoms with Crippen LogP contribution in [0.2, 0.25) is 0 Å². The average Bonchev–Trinajstić information content (AvgIpc) is 3.20. The molecule has 0 amide bonds. The second-order valence-electron chi connectivity index (χ2n) is 5.98. The van der Waals surface area contributed by atoms with Crippen molar-refractivity contribution < 1.29 is 9.53 Å². The Kier molecular flexibility index (Phi) is 5.15. The number of hydrogen-bond donors (Lipinski definition) is 0. The molecule has 2 unspecified atom stereocenters. The van der Waals surface area contributed by atoms with Gasteiger partial charge in [-0.2, -0.15) is 17.0 Å². The van der Waals surface area contributed by atoms with Crippen molar-refractivity contribution in [2.24, 2.45) is 11.3 Å². The molecule has 2 fully saturated rings. The topological polar surface area (TPSA) is 50.1 Å². The molecule has 0 aliphatic heterocycles. The van der Waals surface area contributed by atoms with Gasteiger partial charge in [-0.05, 0) is 36.9 Å². The van der Waals surface area contributed by atoms with E-state index in [1.165, 1.54) is 26.4 Å². The van der Waals surface area contributed by atoms with E-state index in [-0.39, 0.29) is 17.3 Å². The zero-order valence-corrected chi connectivity index (χ0v) is 12.5. The first-order valence-electron chi connectivity index (χ1n) is 7.27. The van der Waals surface area contributed by atoms with E-state index < -0.39 is 0 Å². The highest BCUT2D eigenvalue weighted by Crippen LogP contribution is 2.52. The lowest BCUT2D eigenvalue weighted by Gasteiger charge is -2.22. The van der Waals surface area contributed by atoms with Crippen LogP contribution in [0.25, 0.3) is 0 Å². The molecule has 0 saturated heterocycles. The molecule has 0 heterocycles. The molecule has 0 aromatic rings. The third kappa shape index (κ3) is 4.14. The van der Waals surface area contributed by atoms with Crippen LogP contribution < -0.4 is 0 Å². The number of ether oxygens (including phenoxy) is 1. The molecule has 2 rings (SSSR count). The fourth-order valence-electron chi connectivity index (χ4n) is 2.83. The summed E-state index contributed by atoms with van der Waals surface area (Å²) in [6.45, 7) is 0. The Labute approximate surface area is 120 Å². The van der Waals surface area contributed by atoms with Gasteiger partial charge in [-0.15, -0.1) is 0 Å². The monoisotopic (exact) mass is 281 g/mol. The zero-order valence-electron chi connectivity index (χ0n) is 11.7. The van der Waals surface area contributed by atoms with Crippen molar-refractivity contribution in [3.8, 4) is 6.07 Å². The average molecular weight is 281 g/mol. The molecule has 2 aliphatic carbocycles. The van der Waals surface area contributed by atoms with E-state index >= 15 is 0 Å². The smallest absolute Gasteiger partial charge is 0.306 e. The lowest BCUT2D eigenvalue weighted by molar-refractivity contribution is -0.141. The number of carbonyl (C=O) groups excluding carboxylic acids is 1. The summed E-state index contributed by atoms with van der Waals surface area (Å²) < 4.78 is 4.78. The maximum Gasteiger partial charge on any atom is 0.306 e. The lowest BCUT2D eigenvalue weighted by Crippen LogP contribution is -2.19. The van der Waals surface area contributed by atoms with Crippen LogP contribution in [-0.2, 0) is 9.53 Å². The van der Waals surface area contributed by atoms with Crippen LogP contribution in [0.4, 0.5) is 0 Å². The van der Waals surface area contributed by atoms with E-state index in [1.807, 2.05) is 11.8 Å². The summed E-state index contributed by atoms with van der Waals surface area (Å²) in [5.41, 5.74) is 0.185. The summed E-state index contributed by atoms with van der Waals surface area (Å²) in [4.78, 5) is 11.4. The van der Waals surface area contributed by atoms with E-state index in [0.29, 0.717) is 11.7 Å². The van der Waals surface area contributed by atoms with Crippen LogP contribution in [-0.4, -0.2) is 24.1 Å². The zero-order chi connectivity index (χ0) is 13.7. The molecular weight excluding hydrogens is 258 g/mol. The van der Waals surface area contributed by atoms with Gasteiger partial charge in [0.2, 0.25) is 0 Å². The van der Waals surface area contributed by atoms with Crippen LogP contribution in [0, 0.1) is 22.7 Å². The third-order valence-electron chi connectivity index (χ3n) is 4.43. The van der Waals surface area contributed by atoms with Gasteiger partial charge in [-0.25, -0.2) is 0 Å². The molecule has 0 bridgehead atoms. The van der Waals surface area contributed by atoms with Crippen LogP contribution >= 0.6 is 11.8 Å². The van der Waals surface area contributed by atoms with Crippen molar-refractivity contribution >= 4 is 17.7 Å². The lowest BCUT2D eigenvalue weighted by atomic mass is 10.0. The molecule has 0 aromatic carbocycles. The van der Waals surface area contributed by atoms with Crippen LogP contribution in [0.1, 0.15) is 51.4 Å². The standard InChI is InChI=1S/C15H23NO2S/c1-18-14(17)9-15(7-8-15)11-19-13-6-4-2-3-5-12(13)10-16/h12-13H,2-9,11H2,1H3. The number of esters is 1. The van der Waals surface area contributed by atoms with Gasteiger partial charge >= 0.3 is 5.97 Å². The van der Waals surface area contributed by atoms with Crippen molar-refractivity contribution in [1.29, 1.82) is 5.26 Å². The second kappa shape index (κ2) is 6.65. The van der Waals surface area contributed by atoms with E-state index in [9.17, 15) is 10.1 Å². The van der Waals surface area contributed by atoms with Gasteiger partial charge in [-0.3, -0.25) is 4.79 Å². The van der Waals surface area contributed by atoms with Crippen molar-refractivity contribution in [2.45, 2.75) is 56.6 Å². The third-order valence-corrected chi connectivity index (χ3v) is 6.20. The highest BCUT2D eigenvalue weighted by atomic mass is 32.2. The minimum absolute atomic E-state index is 0.0872. The quantitative estimate of drug-likeness (QED) is 0.571. The van der Waals surface area contributed by atoms with Gasteiger partial charge in [-0.1, -0.05) is 19.3 Å². The maximum absolute atomic E-state index is 11.4. The molecule has 2 aliphatic rings. The molecule has 0 radical (unpaired) electrons. The minimum atomic E-state index is -0.0872. The number of hydrogen-bond acceptors (Lipinski definition) is 4. The number of rotatable bonds is 5. The molecule has 2 atom stereocenters. The summed E-state index contributed by atoms with van der Waals surface area (Å²) in [6.07, 6.45) is 8.76. The Morgan fingerprint density at radius 1 is 1.37 bits per heavy atom. The maximum atomic E-state index is 11.4. The molecule has 0 spiro atoms. The SMILES string of the molecule is COC(=O)CC1(CSC2CCCCCC2C#N)CC1. The van der Waals surface area contributed by atoms with E-state index in [1.54, 1.807) is 0 Å². The van der Waals surface area contributed by atoms with Gasteiger partial charge in [0, 0.05) is 5.25 Å². The fourth-order valence-corrected chi connectivity index (χ4v) is 4.55. The van der Waals surface area contributed by atoms with E-state index in [2.05, 4.69) is 6.07 Å². The fraction of sp³-hybridized carbons (Fsp3) is 0.867. The van der Waals surface area contributed by atoms with Crippen LogP contribution in [0.15, 0.2) is 0 Å². The number of carbonyl (C=O) groups is 1. The number of methoxy groups -OCH3 is 1. The minimum Gasteiger partial charge on any atom is -0.469 e. The van der Waals surface area contributed by atoms with Gasteiger partial charge in [0.15, 0.2) is 0 Å². The first kappa shape index (κ1) is 14.7. The molecule has 0 N–H and O–H groups in total. The van der Waals surface area contributed by atoms with Crippen molar-refractivity contribution in [3.63, 3.8) is 0 Å². The number of thioether (sulfide) groups is 1. The van der Waals surface area contributed by atoms with E-state index in [0.717, 1.165) is 31.4 Å². The Balaban J connectivity index is 1.83. The molecule has 0 aromatic heterocycles. The highest BCUT2D eigenvalue weighted by Gasteiger charge is 2.45. The Morgan fingerprint density at radius 3 is 2.74 bits per heavy atom. The first-order chi connectivity index (χ1) is 9.19. The van der Waals surface area contributed by atoms with Crippen LogP contribution in [0.5, 0.6) is 0 Å². The highest BCUT2D eigenvalue weighted by molar-refractivity contribution is 7.99. The first-order valence-corrected chi connectivity index (χ1v) is 8.32. The van der Waals surface area contributed by atoms with Gasteiger partial charge in [0.05, 0.1) is 25.5 Å². The molecule has 4 heteroatoms. The second-order valence-corrected chi connectivity index (χ2v) is 7.20. The Bertz CT molecular complexity index is 360. The van der Waals surface area contributed by atoms with Gasteiger partial charge in [0.25, 0.3) is 0 Å². The predicted molar refractivity (Wildman–Crippen MR) is 76.7 cm³/mol. The molecule has 19 heavy (non-hydrogen) atoms. The summed E-state index contributed by atoms with van der Waals surface area (Å²) in [5, 5.41) is 9.75. The summed E-state index contributed by atoms with van der Waals surface area (Å²) >= 11 is 1.94. The van der Waals surface area contributed by atoms with E-state index in [4.69, 9.17) is 4.74 Å². The molecule has 106 valence electrons. The Morgan fingerprint density at radius 2 is 2.11 bits per heavy atom. The van der Waals surface area contributed by atoms with Crippen molar-refractivity contribution in [2.75, 3.05) is 12.9 Å². The Hall–Kier alpha value is -0.690. The van der Waals surface area contributed by atoms with Crippen LogP contribution in [0.3, 0.4) is 0 Å². The molecule has 2 saturated carbocycles.